The molecule has 0 spiro atoms. The monoisotopic (exact) mass is 280 g/mol. The Morgan fingerprint density at radius 3 is 3.00 bits per heavy atom. The summed E-state index contributed by atoms with van der Waals surface area (Å²) in [5.41, 5.74) is 1.11. The van der Waals surface area contributed by atoms with Crippen LogP contribution in [0.4, 0.5) is 0 Å². The average Bonchev–Trinajstić information content (AvgIpc) is 3.05. The van der Waals surface area contributed by atoms with E-state index in [0.717, 1.165) is 42.9 Å². The predicted octanol–water partition coefficient (Wildman–Crippen LogP) is 3.05. The van der Waals surface area contributed by atoms with Crippen molar-refractivity contribution in [2.75, 3.05) is 19.6 Å². The highest BCUT2D eigenvalue weighted by Crippen LogP contribution is 2.19. The zero-order chi connectivity index (χ0) is 13.7. The number of carbonyl (C=O) groups is 1. The van der Waals surface area contributed by atoms with E-state index in [0.29, 0.717) is 6.04 Å². The molecule has 3 nitrogen and oxygen atoms in total. The highest BCUT2D eigenvalue weighted by Gasteiger charge is 2.23. The Balaban J connectivity index is 2.03. The van der Waals surface area contributed by atoms with Gasteiger partial charge in [-0.15, -0.1) is 11.3 Å². The van der Waals surface area contributed by atoms with Crippen LogP contribution in [0.1, 0.15) is 47.8 Å². The minimum atomic E-state index is 0.217. The van der Waals surface area contributed by atoms with Crippen LogP contribution in [0.3, 0.4) is 0 Å². The predicted molar refractivity (Wildman–Crippen MR) is 80.9 cm³/mol. The van der Waals surface area contributed by atoms with E-state index in [9.17, 15) is 4.79 Å². The van der Waals surface area contributed by atoms with Crippen LogP contribution in [0, 0.1) is 6.92 Å². The highest BCUT2D eigenvalue weighted by atomic mass is 32.1. The molecule has 1 atom stereocenters. The number of rotatable bonds is 6. The lowest BCUT2D eigenvalue weighted by molar-refractivity contribution is 0.0743. The van der Waals surface area contributed by atoms with Crippen molar-refractivity contribution in [2.45, 2.75) is 45.6 Å². The maximum absolute atomic E-state index is 12.6. The third-order valence-electron chi connectivity index (χ3n) is 3.73. The summed E-state index contributed by atoms with van der Waals surface area (Å²) < 4.78 is 0. The van der Waals surface area contributed by atoms with Gasteiger partial charge in [0.05, 0.1) is 4.88 Å². The zero-order valence-corrected chi connectivity index (χ0v) is 12.8. The van der Waals surface area contributed by atoms with Gasteiger partial charge in [-0.3, -0.25) is 4.79 Å². The second-order valence-electron chi connectivity index (χ2n) is 5.33. The Morgan fingerprint density at radius 1 is 1.58 bits per heavy atom. The van der Waals surface area contributed by atoms with Crippen molar-refractivity contribution in [1.29, 1.82) is 0 Å². The van der Waals surface area contributed by atoms with Gasteiger partial charge in [0.1, 0.15) is 0 Å². The van der Waals surface area contributed by atoms with Gasteiger partial charge in [-0.05, 0) is 49.7 Å². The van der Waals surface area contributed by atoms with Crippen molar-refractivity contribution < 1.29 is 4.79 Å². The molecule has 1 saturated heterocycles. The van der Waals surface area contributed by atoms with Crippen LogP contribution in [0.15, 0.2) is 11.4 Å². The summed E-state index contributed by atoms with van der Waals surface area (Å²) in [6.45, 7) is 7.03. The Labute approximate surface area is 120 Å². The molecule has 1 amide bonds. The quantitative estimate of drug-likeness (QED) is 0.868. The maximum atomic E-state index is 12.6. The van der Waals surface area contributed by atoms with Gasteiger partial charge in [0.15, 0.2) is 0 Å². The first-order valence-corrected chi connectivity index (χ1v) is 8.17. The summed E-state index contributed by atoms with van der Waals surface area (Å²) in [5, 5.41) is 5.50. The molecule has 2 heterocycles. The van der Waals surface area contributed by atoms with E-state index in [1.807, 2.05) is 23.3 Å². The van der Waals surface area contributed by atoms with E-state index in [1.54, 1.807) is 11.3 Å². The van der Waals surface area contributed by atoms with Crippen molar-refractivity contribution in [1.82, 2.24) is 10.2 Å². The molecule has 0 aromatic carbocycles. The fourth-order valence-electron chi connectivity index (χ4n) is 2.54. The van der Waals surface area contributed by atoms with E-state index in [1.165, 1.54) is 12.8 Å². The van der Waals surface area contributed by atoms with Crippen LogP contribution in [0.25, 0.3) is 0 Å². The lowest BCUT2D eigenvalue weighted by atomic mass is 10.2. The van der Waals surface area contributed by atoms with Crippen LogP contribution in [0.5, 0.6) is 0 Å². The first-order valence-electron chi connectivity index (χ1n) is 7.29. The van der Waals surface area contributed by atoms with Crippen molar-refractivity contribution >= 4 is 17.2 Å². The number of nitrogens with one attached hydrogen (secondary N) is 1. The van der Waals surface area contributed by atoms with E-state index in [-0.39, 0.29) is 5.91 Å². The minimum absolute atomic E-state index is 0.217. The number of hydrogen-bond donors (Lipinski definition) is 1. The van der Waals surface area contributed by atoms with Crippen LogP contribution in [-0.2, 0) is 0 Å². The van der Waals surface area contributed by atoms with Gasteiger partial charge in [0.2, 0.25) is 0 Å². The molecule has 2 rings (SSSR count). The Hall–Kier alpha value is -0.870. The molecule has 0 radical (unpaired) electrons. The number of thiophene rings is 1. The summed E-state index contributed by atoms with van der Waals surface area (Å²) in [6.07, 6.45) is 4.64. The first-order chi connectivity index (χ1) is 9.22. The van der Waals surface area contributed by atoms with Crippen LogP contribution in [0.2, 0.25) is 0 Å². The van der Waals surface area contributed by atoms with Gasteiger partial charge in [-0.2, -0.15) is 0 Å². The molecule has 1 aromatic rings. The van der Waals surface area contributed by atoms with Crippen molar-refractivity contribution in [3.05, 3.63) is 21.9 Å². The normalized spacial score (nSPS) is 18.7. The van der Waals surface area contributed by atoms with E-state index >= 15 is 0 Å². The summed E-state index contributed by atoms with van der Waals surface area (Å²) >= 11 is 1.57. The fraction of sp³-hybridized carbons (Fsp3) is 0.667. The Bertz CT molecular complexity index is 410. The molecule has 1 aliphatic heterocycles. The fourth-order valence-corrected chi connectivity index (χ4v) is 3.43. The minimum Gasteiger partial charge on any atom is -0.336 e. The Kier molecular flexibility index (Phi) is 5.40. The van der Waals surface area contributed by atoms with Crippen LogP contribution >= 0.6 is 11.3 Å². The van der Waals surface area contributed by atoms with Crippen LogP contribution in [-0.4, -0.2) is 36.5 Å². The summed E-state index contributed by atoms with van der Waals surface area (Å²) in [4.78, 5) is 15.6. The molecule has 1 aromatic heterocycles. The average molecular weight is 280 g/mol. The van der Waals surface area contributed by atoms with Crippen molar-refractivity contribution in [3.8, 4) is 0 Å². The second kappa shape index (κ2) is 7.06. The standard InChI is InChI=1S/C15H24N2OS/c1-3-4-9-17(11-13-6-5-8-16-13)15(18)14-12(2)7-10-19-14/h7,10,13,16H,3-6,8-9,11H2,1-2H3. The molecule has 0 aliphatic carbocycles. The number of aryl methyl sites for hydroxylation is 1. The number of nitrogens with zero attached hydrogens (tertiary/aromatic N) is 1. The first kappa shape index (κ1) is 14.5. The maximum Gasteiger partial charge on any atom is 0.264 e. The van der Waals surface area contributed by atoms with Crippen molar-refractivity contribution in [2.24, 2.45) is 0 Å². The number of amides is 1. The number of carbonyl (C=O) groups excluding carboxylic acids is 1. The lowest BCUT2D eigenvalue weighted by Crippen LogP contribution is -2.41. The third kappa shape index (κ3) is 3.80. The van der Waals surface area contributed by atoms with Gasteiger partial charge < -0.3 is 10.2 Å². The number of unbranched alkanes of at least 4 members (excludes halogenated alkanes) is 1. The largest absolute Gasteiger partial charge is 0.336 e. The van der Waals surface area contributed by atoms with Gasteiger partial charge in [0, 0.05) is 19.1 Å². The molecule has 1 fully saturated rings. The molecule has 1 N–H and O–H groups in total. The van der Waals surface area contributed by atoms with E-state index < -0.39 is 0 Å². The van der Waals surface area contributed by atoms with E-state index in [2.05, 4.69) is 12.2 Å². The van der Waals surface area contributed by atoms with Gasteiger partial charge in [-0.25, -0.2) is 0 Å². The highest BCUT2D eigenvalue weighted by molar-refractivity contribution is 7.12. The van der Waals surface area contributed by atoms with Gasteiger partial charge >= 0.3 is 0 Å². The summed E-state index contributed by atoms with van der Waals surface area (Å²) in [5.74, 6) is 0.217. The topological polar surface area (TPSA) is 32.3 Å². The summed E-state index contributed by atoms with van der Waals surface area (Å²) in [7, 11) is 0. The van der Waals surface area contributed by atoms with Crippen LogP contribution < -0.4 is 5.32 Å². The SMILES string of the molecule is CCCCN(CC1CCCN1)C(=O)c1sccc1C. The Morgan fingerprint density at radius 2 is 2.42 bits per heavy atom. The molecular weight excluding hydrogens is 256 g/mol. The summed E-state index contributed by atoms with van der Waals surface area (Å²) in [6, 6.07) is 2.52. The zero-order valence-electron chi connectivity index (χ0n) is 11.9. The smallest absolute Gasteiger partial charge is 0.264 e. The molecular formula is C15H24N2OS. The van der Waals surface area contributed by atoms with Crippen molar-refractivity contribution in [3.63, 3.8) is 0 Å². The van der Waals surface area contributed by atoms with E-state index in [4.69, 9.17) is 0 Å². The van der Waals surface area contributed by atoms with Gasteiger partial charge in [-0.1, -0.05) is 13.3 Å². The molecule has 0 saturated carbocycles. The molecule has 0 bridgehead atoms. The third-order valence-corrected chi connectivity index (χ3v) is 4.73. The second-order valence-corrected chi connectivity index (χ2v) is 6.25. The molecule has 1 aliphatic rings. The molecule has 19 heavy (non-hydrogen) atoms. The molecule has 106 valence electrons. The molecule has 4 heteroatoms. The lowest BCUT2D eigenvalue weighted by Gasteiger charge is -2.25. The van der Waals surface area contributed by atoms with Gasteiger partial charge in [0.25, 0.3) is 5.91 Å². The molecule has 1 unspecified atom stereocenters. The number of hydrogen-bond acceptors (Lipinski definition) is 3.